The maximum atomic E-state index is 13.6. The number of rotatable bonds is 5. The third-order valence-electron chi connectivity index (χ3n) is 3.54. The highest BCUT2D eigenvalue weighted by molar-refractivity contribution is 7.91. The lowest BCUT2D eigenvalue weighted by atomic mass is 10.1. The van der Waals surface area contributed by atoms with Crippen LogP contribution in [0.4, 0.5) is 4.39 Å². The molecule has 7 heteroatoms. The fourth-order valence-electron chi connectivity index (χ4n) is 2.37. The van der Waals surface area contributed by atoms with E-state index in [1.165, 1.54) is 6.07 Å². The Morgan fingerprint density at radius 2 is 2.14 bits per heavy atom. The minimum Gasteiger partial charge on any atom is -0.351 e. The summed E-state index contributed by atoms with van der Waals surface area (Å²) in [6.45, 7) is 1.79. The number of halogens is 1. The molecule has 1 fully saturated rings. The second-order valence-electron chi connectivity index (χ2n) is 5.29. The van der Waals surface area contributed by atoms with Gasteiger partial charge in [0.25, 0.3) is 0 Å². The first-order valence-electron chi connectivity index (χ1n) is 6.85. The van der Waals surface area contributed by atoms with Gasteiger partial charge in [0.2, 0.25) is 5.91 Å². The average Bonchev–Trinajstić information content (AvgIpc) is 2.75. The molecular formula is C14H19FN2O3S. The number of carbonyl (C=O) groups excluding carboxylic acids is 1. The fourth-order valence-corrected chi connectivity index (χ4v) is 4.04. The molecule has 0 spiro atoms. The van der Waals surface area contributed by atoms with E-state index in [1.807, 2.05) is 0 Å². The molecule has 1 aromatic rings. The van der Waals surface area contributed by atoms with Crippen molar-refractivity contribution in [3.8, 4) is 0 Å². The second-order valence-corrected chi connectivity index (χ2v) is 7.52. The number of nitrogens with one attached hydrogen (secondary N) is 2. The summed E-state index contributed by atoms with van der Waals surface area (Å²) in [6.07, 6.45) is 0.455. The van der Waals surface area contributed by atoms with Crippen LogP contribution < -0.4 is 10.6 Å². The Labute approximate surface area is 123 Å². The molecule has 1 heterocycles. The molecular weight excluding hydrogens is 295 g/mol. The third kappa shape index (κ3) is 4.50. The van der Waals surface area contributed by atoms with Crippen molar-refractivity contribution in [2.45, 2.75) is 25.4 Å². The third-order valence-corrected chi connectivity index (χ3v) is 5.31. The van der Waals surface area contributed by atoms with E-state index in [-0.39, 0.29) is 41.9 Å². The van der Waals surface area contributed by atoms with Gasteiger partial charge < -0.3 is 10.6 Å². The smallest absolute Gasteiger partial charge is 0.234 e. The van der Waals surface area contributed by atoms with Gasteiger partial charge in [-0.05, 0) is 19.4 Å². The van der Waals surface area contributed by atoms with Crippen LogP contribution in [0.15, 0.2) is 24.3 Å². The molecule has 1 aliphatic rings. The summed E-state index contributed by atoms with van der Waals surface area (Å²) in [5, 5.41) is 5.61. The van der Waals surface area contributed by atoms with Gasteiger partial charge in [0.15, 0.2) is 9.84 Å². The Morgan fingerprint density at radius 1 is 1.43 bits per heavy atom. The largest absolute Gasteiger partial charge is 0.351 e. The zero-order chi connectivity index (χ0) is 15.5. The Kier molecular flexibility index (Phi) is 4.95. The van der Waals surface area contributed by atoms with Crippen LogP contribution in [0.2, 0.25) is 0 Å². The molecule has 1 saturated heterocycles. The highest BCUT2D eigenvalue weighted by Gasteiger charge is 2.28. The number of sulfone groups is 1. The predicted molar refractivity (Wildman–Crippen MR) is 78.0 cm³/mol. The zero-order valence-corrected chi connectivity index (χ0v) is 12.6. The first-order valence-corrected chi connectivity index (χ1v) is 8.67. The van der Waals surface area contributed by atoms with Gasteiger partial charge in [-0.15, -0.1) is 0 Å². The predicted octanol–water partition coefficient (Wildman–Crippen LogP) is 0.780. The SMILES string of the molecule is C[C@@H](NCC(=O)N[C@H]1CCS(=O)(=O)C1)c1ccccc1F. The van der Waals surface area contributed by atoms with Crippen LogP contribution in [0.5, 0.6) is 0 Å². The molecule has 2 N–H and O–H groups in total. The zero-order valence-electron chi connectivity index (χ0n) is 11.8. The van der Waals surface area contributed by atoms with Crippen molar-refractivity contribution in [3.05, 3.63) is 35.6 Å². The highest BCUT2D eigenvalue weighted by Crippen LogP contribution is 2.15. The monoisotopic (exact) mass is 314 g/mol. The van der Waals surface area contributed by atoms with E-state index in [1.54, 1.807) is 25.1 Å². The molecule has 1 aliphatic heterocycles. The molecule has 21 heavy (non-hydrogen) atoms. The highest BCUT2D eigenvalue weighted by atomic mass is 32.2. The van der Waals surface area contributed by atoms with Crippen LogP contribution in [-0.4, -0.2) is 38.4 Å². The first-order chi connectivity index (χ1) is 9.87. The van der Waals surface area contributed by atoms with Gasteiger partial charge in [0.1, 0.15) is 5.82 Å². The second kappa shape index (κ2) is 6.53. The average molecular weight is 314 g/mol. The van der Waals surface area contributed by atoms with E-state index in [9.17, 15) is 17.6 Å². The lowest BCUT2D eigenvalue weighted by molar-refractivity contribution is -0.120. The van der Waals surface area contributed by atoms with Gasteiger partial charge in [-0.25, -0.2) is 12.8 Å². The van der Waals surface area contributed by atoms with Crippen molar-refractivity contribution in [1.82, 2.24) is 10.6 Å². The lowest BCUT2D eigenvalue weighted by Crippen LogP contribution is -2.41. The Hall–Kier alpha value is -1.47. The molecule has 0 unspecified atom stereocenters. The summed E-state index contributed by atoms with van der Waals surface area (Å²) in [5.41, 5.74) is 0.494. The van der Waals surface area contributed by atoms with Gasteiger partial charge >= 0.3 is 0 Å². The van der Waals surface area contributed by atoms with Gasteiger partial charge in [0.05, 0.1) is 18.1 Å². The molecule has 0 saturated carbocycles. The molecule has 116 valence electrons. The maximum absolute atomic E-state index is 13.6. The summed E-state index contributed by atoms with van der Waals surface area (Å²) in [6, 6.07) is 5.77. The van der Waals surface area contributed by atoms with Crippen LogP contribution in [-0.2, 0) is 14.6 Å². The molecule has 0 aliphatic carbocycles. The van der Waals surface area contributed by atoms with E-state index < -0.39 is 9.84 Å². The van der Waals surface area contributed by atoms with Crippen LogP contribution in [0.1, 0.15) is 24.9 Å². The van der Waals surface area contributed by atoms with E-state index in [0.29, 0.717) is 12.0 Å². The van der Waals surface area contributed by atoms with E-state index in [0.717, 1.165) is 0 Å². The van der Waals surface area contributed by atoms with Gasteiger partial charge in [-0.3, -0.25) is 4.79 Å². The molecule has 5 nitrogen and oxygen atoms in total. The van der Waals surface area contributed by atoms with Crippen molar-refractivity contribution in [3.63, 3.8) is 0 Å². The minimum atomic E-state index is -3.01. The molecule has 0 bridgehead atoms. The van der Waals surface area contributed by atoms with Crippen molar-refractivity contribution in [2.24, 2.45) is 0 Å². The van der Waals surface area contributed by atoms with Gasteiger partial charge in [-0.1, -0.05) is 18.2 Å². The van der Waals surface area contributed by atoms with Crippen LogP contribution in [0.3, 0.4) is 0 Å². The van der Waals surface area contributed by atoms with E-state index in [4.69, 9.17) is 0 Å². The summed E-state index contributed by atoms with van der Waals surface area (Å²) in [7, 11) is -3.01. The van der Waals surface area contributed by atoms with Crippen molar-refractivity contribution >= 4 is 15.7 Å². The van der Waals surface area contributed by atoms with Crippen LogP contribution >= 0.6 is 0 Å². The fraction of sp³-hybridized carbons (Fsp3) is 0.500. The van der Waals surface area contributed by atoms with Gasteiger partial charge in [-0.2, -0.15) is 0 Å². The van der Waals surface area contributed by atoms with Crippen LogP contribution in [0.25, 0.3) is 0 Å². The molecule has 0 aromatic heterocycles. The standard InChI is InChI=1S/C14H19FN2O3S/c1-10(12-4-2-3-5-13(12)15)16-8-14(18)17-11-6-7-21(19,20)9-11/h2-5,10-11,16H,6-9H2,1H3,(H,17,18)/t10-,11+/m1/s1. The number of hydrogen-bond donors (Lipinski definition) is 2. The maximum Gasteiger partial charge on any atom is 0.234 e. The Morgan fingerprint density at radius 3 is 2.76 bits per heavy atom. The Bertz CT molecular complexity index is 618. The number of benzene rings is 1. The molecule has 1 amide bonds. The van der Waals surface area contributed by atoms with Crippen molar-refractivity contribution in [1.29, 1.82) is 0 Å². The Balaban J connectivity index is 1.80. The van der Waals surface area contributed by atoms with E-state index >= 15 is 0 Å². The van der Waals surface area contributed by atoms with E-state index in [2.05, 4.69) is 10.6 Å². The molecule has 2 rings (SSSR count). The summed E-state index contributed by atoms with van der Waals surface area (Å²) >= 11 is 0. The van der Waals surface area contributed by atoms with Gasteiger partial charge in [0, 0.05) is 17.6 Å². The molecule has 2 atom stereocenters. The summed E-state index contributed by atoms with van der Waals surface area (Å²) in [5.74, 6) is -0.474. The summed E-state index contributed by atoms with van der Waals surface area (Å²) in [4.78, 5) is 11.8. The first kappa shape index (κ1) is 15.9. The van der Waals surface area contributed by atoms with Crippen LogP contribution in [0, 0.1) is 5.82 Å². The number of hydrogen-bond acceptors (Lipinski definition) is 4. The quantitative estimate of drug-likeness (QED) is 0.842. The normalized spacial score (nSPS) is 21.9. The minimum absolute atomic E-state index is 0.00159. The molecule has 1 aromatic carbocycles. The number of carbonyl (C=O) groups is 1. The lowest BCUT2D eigenvalue weighted by Gasteiger charge is -2.16. The summed E-state index contributed by atoms with van der Waals surface area (Å²) < 4.78 is 36.2. The van der Waals surface area contributed by atoms with Crippen molar-refractivity contribution in [2.75, 3.05) is 18.1 Å². The topological polar surface area (TPSA) is 75.3 Å². The molecule has 0 radical (unpaired) electrons. The number of amides is 1. The van der Waals surface area contributed by atoms with Crippen molar-refractivity contribution < 1.29 is 17.6 Å².